The molecule has 0 bridgehead atoms. The van der Waals surface area contributed by atoms with Gasteiger partial charge in [-0.05, 0) is 78.1 Å². The largest absolute Gasteiger partial charge is 2.00 e. The Labute approximate surface area is 522 Å². The van der Waals surface area contributed by atoms with Crippen molar-refractivity contribution in [2.24, 2.45) is 0 Å². The number of hydrogen-bond donors (Lipinski definition) is 0. The zero-order chi connectivity index (χ0) is 57.3. The van der Waals surface area contributed by atoms with Crippen LogP contribution >= 0.6 is 0 Å². The Morgan fingerprint density at radius 3 is 0.582 bits per heavy atom. The van der Waals surface area contributed by atoms with Crippen molar-refractivity contribution in [3.63, 3.8) is 0 Å². The summed E-state index contributed by atoms with van der Waals surface area (Å²) in [6, 6.07) is 0. The number of unbranched alkanes of at least 4 members (excludes halogenated alkanes) is 50. The predicted octanol–water partition coefficient (Wildman–Crippen LogP) is 20.4. The molecule has 0 saturated heterocycles. The third kappa shape index (κ3) is 77.1. The minimum Gasteiger partial charge on any atom is -0.550 e. The Morgan fingerprint density at radius 1 is 0.253 bits per heavy atom. The van der Waals surface area contributed by atoms with Gasteiger partial charge in [0.25, 0.3) is 0 Å². The number of esters is 2. The molecule has 2 atom stereocenters. The first-order valence-corrected chi connectivity index (χ1v) is 34.9. The summed E-state index contributed by atoms with van der Waals surface area (Å²) in [7, 11) is 0. The van der Waals surface area contributed by atoms with Crippen LogP contribution in [-0.2, 0) is 28.7 Å². The van der Waals surface area contributed by atoms with Gasteiger partial charge in [0.2, 0.25) is 0 Å². The molecule has 8 nitrogen and oxygen atoms in total. The minimum absolute atomic E-state index is 0. The maximum absolute atomic E-state index is 12.1. The second kappa shape index (κ2) is 71.4. The zero-order valence-electron chi connectivity index (χ0n) is 53.6. The van der Waals surface area contributed by atoms with E-state index in [0.717, 1.165) is 89.9 Å². The van der Waals surface area contributed by atoms with Crippen LogP contribution in [0.15, 0.2) is 0 Å². The molecule has 0 aromatic carbocycles. The van der Waals surface area contributed by atoms with Crippen molar-refractivity contribution < 1.29 is 38.9 Å². The summed E-state index contributed by atoms with van der Waals surface area (Å²) < 4.78 is 11.2. The van der Waals surface area contributed by atoms with Crippen molar-refractivity contribution in [2.45, 2.75) is 425 Å². The maximum Gasteiger partial charge on any atom is 2.00 e. The first kappa shape index (κ1) is 82.4. The van der Waals surface area contributed by atoms with Gasteiger partial charge in [0.1, 0.15) is 0 Å². The molecule has 0 fully saturated rings. The van der Waals surface area contributed by atoms with Gasteiger partial charge in [0, 0.05) is 24.8 Å². The topological polar surface area (TPSA) is 133 Å². The Balaban J connectivity index is -0.00000144. The van der Waals surface area contributed by atoms with Crippen molar-refractivity contribution in [1.29, 1.82) is 0 Å². The molecule has 464 valence electrons. The van der Waals surface area contributed by atoms with E-state index in [4.69, 9.17) is 9.47 Å². The first-order chi connectivity index (χ1) is 38.1. The molecule has 0 saturated carbocycles. The van der Waals surface area contributed by atoms with E-state index >= 15 is 0 Å². The summed E-state index contributed by atoms with van der Waals surface area (Å²) in [5.41, 5.74) is 0. The SMILES string of the molecule is CCCCCCCCCCCCCCCCC(=O)OC(C)CCCCCCCCCCCCCCCC(=O)[O-].CCCCCCCCCCCCCCCCC(=O)OC(C)CCCCCCCCCCCCCCCC(=O)[O-].[Ca+2]. The van der Waals surface area contributed by atoms with Gasteiger partial charge < -0.3 is 29.3 Å². The van der Waals surface area contributed by atoms with E-state index < -0.39 is 11.9 Å². The number of carbonyl (C=O) groups excluding carboxylic acids is 4. The molecule has 0 rings (SSSR count). The molecule has 0 radical (unpaired) electrons. The third-order valence-corrected chi connectivity index (χ3v) is 16.1. The molecule has 0 heterocycles. The molecule has 0 aliphatic heterocycles. The monoisotopic (exact) mass is 1140 g/mol. The van der Waals surface area contributed by atoms with Crippen LogP contribution in [0.4, 0.5) is 0 Å². The third-order valence-electron chi connectivity index (χ3n) is 16.1. The van der Waals surface area contributed by atoms with Gasteiger partial charge >= 0.3 is 49.7 Å². The van der Waals surface area contributed by atoms with Gasteiger partial charge in [-0.15, -0.1) is 0 Å². The number of carboxylic acid groups (broad SMARTS) is 2. The molecule has 0 aromatic rings. The minimum atomic E-state index is -0.918. The maximum atomic E-state index is 12.1. The van der Waals surface area contributed by atoms with Crippen molar-refractivity contribution in [1.82, 2.24) is 0 Å². The summed E-state index contributed by atoms with van der Waals surface area (Å²) in [5.74, 6) is -1.84. The second-order valence-corrected chi connectivity index (χ2v) is 24.3. The number of aliphatic carboxylic acids is 2. The second-order valence-electron chi connectivity index (χ2n) is 24.3. The summed E-state index contributed by atoms with van der Waals surface area (Å²) >= 11 is 0. The van der Waals surface area contributed by atoms with E-state index in [1.165, 1.54) is 270 Å². The van der Waals surface area contributed by atoms with Gasteiger partial charge in [-0.1, -0.05) is 322 Å². The average Bonchev–Trinajstić information content (AvgIpc) is 3.41. The van der Waals surface area contributed by atoms with Crippen molar-refractivity contribution >= 4 is 61.6 Å². The Bertz CT molecular complexity index is 1140. The zero-order valence-corrected chi connectivity index (χ0v) is 55.8. The van der Waals surface area contributed by atoms with Crippen LogP contribution in [-0.4, -0.2) is 73.8 Å². The molecule has 0 N–H and O–H groups in total. The number of ether oxygens (including phenoxy) is 2. The number of carboxylic acids is 2. The Kier molecular flexibility index (Phi) is 74.4. The number of carbonyl (C=O) groups is 4. The van der Waals surface area contributed by atoms with E-state index in [0.29, 0.717) is 12.8 Å². The number of rotatable bonds is 64. The predicted molar refractivity (Wildman–Crippen MR) is 335 cm³/mol. The molecule has 79 heavy (non-hydrogen) atoms. The summed E-state index contributed by atoms with van der Waals surface area (Å²) in [6.45, 7) is 8.65. The van der Waals surface area contributed by atoms with Crippen molar-refractivity contribution in [3.8, 4) is 0 Å². The van der Waals surface area contributed by atoms with E-state index in [1.807, 2.05) is 13.8 Å². The van der Waals surface area contributed by atoms with E-state index in [-0.39, 0.29) is 74.7 Å². The molecular weight excluding hydrogens is 1010 g/mol. The van der Waals surface area contributed by atoms with Gasteiger partial charge in [0.05, 0.1) is 12.2 Å². The summed E-state index contributed by atoms with van der Waals surface area (Å²) in [6.07, 6.45) is 72.6. The fraction of sp³-hybridized carbons (Fsp3) is 0.943. The fourth-order valence-electron chi connectivity index (χ4n) is 10.9. The van der Waals surface area contributed by atoms with Gasteiger partial charge in [-0.2, -0.15) is 0 Å². The normalized spacial score (nSPS) is 11.9. The molecule has 2 unspecified atom stereocenters. The molecule has 0 spiro atoms. The Hall–Kier alpha value is -0.860. The van der Waals surface area contributed by atoms with E-state index in [2.05, 4.69) is 13.8 Å². The Morgan fingerprint density at radius 2 is 0.405 bits per heavy atom. The van der Waals surface area contributed by atoms with Crippen LogP contribution in [0.25, 0.3) is 0 Å². The van der Waals surface area contributed by atoms with E-state index in [1.54, 1.807) is 0 Å². The van der Waals surface area contributed by atoms with Crippen LogP contribution in [0.1, 0.15) is 413 Å². The fourth-order valence-corrected chi connectivity index (χ4v) is 10.9. The van der Waals surface area contributed by atoms with E-state index in [9.17, 15) is 29.4 Å². The van der Waals surface area contributed by atoms with Crippen LogP contribution in [0.2, 0.25) is 0 Å². The van der Waals surface area contributed by atoms with Crippen LogP contribution in [0.3, 0.4) is 0 Å². The average molecular weight is 1140 g/mol. The van der Waals surface area contributed by atoms with Crippen molar-refractivity contribution in [2.75, 3.05) is 0 Å². The van der Waals surface area contributed by atoms with Crippen LogP contribution < -0.4 is 10.2 Å². The van der Waals surface area contributed by atoms with Crippen LogP contribution in [0, 0.1) is 0 Å². The van der Waals surface area contributed by atoms with Crippen LogP contribution in [0.5, 0.6) is 0 Å². The van der Waals surface area contributed by atoms with Gasteiger partial charge in [0.15, 0.2) is 0 Å². The molecule has 0 aliphatic rings. The first-order valence-electron chi connectivity index (χ1n) is 34.9. The molecule has 0 aliphatic carbocycles. The molecule has 0 aromatic heterocycles. The summed E-state index contributed by atoms with van der Waals surface area (Å²) in [4.78, 5) is 44.9. The van der Waals surface area contributed by atoms with Crippen molar-refractivity contribution in [3.05, 3.63) is 0 Å². The summed E-state index contributed by atoms with van der Waals surface area (Å²) in [5, 5.41) is 20.7. The molecule has 0 amide bonds. The van der Waals surface area contributed by atoms with Gasteiger partial charge in [-0.3, -0.25) is 9.59 Å². The standard InChI is InChI=1S/2C35H68O4.Ca/c2*1-3-4-5-6-7-8-9-10-14-17-20-23-26-29-32-35(38)39-33(2)30-27-24-21-18-15-12-11-13-16-19-22-25-28-31-34(36)37;/h2*33H,3-32H2,1-2H3,(H,36,37);/q;;+2/p-2. The smallest absolute Gasteiger partial charge is 0.550 e. The molecular formula is C70H134CaO8. The van der Waals surface area contributed by atoms with Gasteiger partial charge in [-0.25, -0.2) is 0 Å². The number of hydrogen-bond acceptors (Lipinski definition) is 8. The molecule has 9 heteroatoms. The quantitative estimate of drug-likeness (QED) is 0.0334.